The van der Waals surface area contributed by atoms with Gasteiger partial charge in [-0.15, -0.1) is 0 Å². The monoisotopic (exact) mass is 300 g/mol. The third-order valence-corrected chi connectivity index (χ3v) is 3.64. The molecule has 4 atom stereocenters. The average Bonchev–Trinajstić information content (AvgIpc) is 2.73. The molecule has 1 aliphatic rings. The van der Waals surface area contributed by atoms with Gasteiger partial charge in [-0.25, -0.2) is 0 Å². The molecule has 110 valence electrons. The lowest BCUT2D eigenvalue weighted by molar-refractivity contribution is -0.149. The van der Waals surface area contributed by atoms with E-state index in [2.05, 4.69) is 0 Å². The second-order valence-corrected chi connectivity index (χ2v) is 5.03. The summed E-state index contributed by atoms with van der Waals surface area (Å²) in [5.41, 5.74) is 0.741. The van der Waals surface area contributed by atoms with E-state index >= 15 is 0 Å². The molecule has 0 bridgehead atoms. The first kappa shape index (κ1) is 15.4. The minimum Gasteiger partial charge on any atom is -0.385 e. The summed E-state index contributed by atoms with van der Waals surface area (Å²) < 4.78 is 10.6. The molecule has 0 amide bonds. The van der Waals surface area contributed by atoms with Crippen LogP contribution in [0.15, 0.2) is 24.3 Å². The van der Waals surface area contributed by atoms with Crippen LogP contribution < -0.4 is 0 Å². The van der Waals surface area contributed by atoms with Crippen LogP contribution in [0.5, 0.6) is 0 Å². The quantitative estimate of drug-likeness (QED) is 0.857. The molecule has 5 nitrogen and oxygen atoms in total. The van der Waals surface area contributed by atoms with Gasteiger partial charge in [0.2, 0.25) is 0 Å². The third-order valence-electron chi connectivity index (χ3n) is 3.27. The van der Waals surface area contributed by atoms with Crippen LogP contribution in [-0.2, 0) is 20.9 Å². The largest absolute Gasteiger partial charge is 0.385 e. The maximum Gasteiger partial charge on any atom is 0.184 e. The van der Waals surface area contributed by atoms with Gasteiger partial charge in [-0.05, 0) is 11.6 Å². The minimum absolute atomic E-state index is 0.130. The van der Waals surface area contributed by atoms with Crippen LogP contribution in [0.25, 0.3) is 0 Å². The van der Waals surface area contributed by atoms with Crippen LogP contribution in [0, 0.1) is 0 Å². The van der Waals surface area contributed by atoms with Crippen LogP contribution >= 0.6 is 11.6 Å². The summed E-state index contributed by atoms with van der Waals surface area (Å²) in [6.45, 7) is 1.82. The zero-order chi connectivity index (χ0) is 14.7. The lowest BCUT2D eigenvalue weighted by atomic mass is 10.1. The number of halogens is 1. The highest BCUT2D eigenvalue weighted by molar-refractivity contribution is 6.31. The molecule has 2 rings (SSSR count). The fourth-order valence-corrected chi connectivity index (χ4v) is 2.29. The smallest absolute Gasteiger partial charge is 0.184 e. The van der Waals surface area contributed by atoms with Crippen molar-refractivity contribution in [3.05, 3.63) is 34.9 Å². The minimum atomic E-state index is -1.41. The Bertz CT molecular complexity index is 478. The summed E-state index contributed by atoms with van der Waals surface area (Å²) in [4.78, 5) is 11.7. The molecule has 1 aliphatic heterocycles. The molecule has 1 aromatic carbocycles. The number of aliphatic hydroxyl groups is 2. The van der Waals surface area contributed by atoms with Gasteiger partial charge in [-0.1, -0.05) is 36.7 Å². The average molecular weight is 301 g/mol. The van der Waals surface area contributed by atoms with E-state index < -0.39 is 24.6 Å². The summed E-state index contributed by atoms with van der Waals surface area (Å²) >= 11 is 6.01. The first-order valence-electron chi connectivity index (χ1n) is 6.44. The summed E-state index contributed by atoms with van der Waals surface area (Å²) in [5, 5.41) is 19.9. The van der Waals surface area contributed by atoms with Crippen LogP contribution in [0.4, 0.5) is 0 Å². The van der Waals surface area contributed by atoms with Gasteiger partial charge in [-0.3, -0.25) is 4.79 Å². The van der Waals surface area contributed by atoms with Crippen LogP contribution in [0.1, 0.15) is 18.9 Å². The van der Waals surface area contributed by atoms with Crippen molar-refractivity contribution < 1.29 is 24.5 Å². The van der Waals surface area contributed by atoms with Crippen molar-refractivity contribution in [1.29, 1.82) is 0 Å². The lowest BCUT2D eigenvalue weighted by Crippen LogP contribution is -2.38. The van der Waals surface area contributed by atoms with Gasteiger partial charge in [0.05, 0.1) is 6.61 Å². The Kier molecular flexibility index (Phi) is 5.12. The molecule has 6 heteroatoms. The number of ether oxygens (including phenoxy) is 2. The predicted octanol–water partition coefficient (Wildman–Crippen LogP) is 1.28. The van der Waals surface area contributed by atoms with Crippen molar-refractivity contribution in [3.8, 4) is 0 Å². The summed E-state index contributed by atoms with van der Waals surface area (Å²) in [7, 11) is 0. The molecule has 1 saturated heterocycles. The number of benzene rings is 1. The van der Waals surface area contributed by atoms with E-state index in [4.69, 9.17) is 21.1 Å². The van der Waals surface area contributed by atoms with E-state index in [0.717, 1.165) is 5.56 Å². The molecule has 0 radical (unpaired) electrons. The summed E-state index contributed by atoms with van der Waals surface area (Å²) in [6, 6.07) is 7.13. The highest BCUT2D eigenvalue weighted by atomic mass is 35.5. The Balaban J connectivity index is 2.06. The Morgan fingerprint density at radius 3 is 2.75 bits per heavy atom. The SMILES string of the molecule is CCC(=O)[C@H]1O[C@H](O)[C@H](O)[C@H]1OCc1ccccc1Cl. The molecular weight excluding hydrogens is 284 g/mol. The van der Waals surface area contributed by atoms with Crippen LogP contribution in [-0.4, -0.2) is 40.6 Å². The van der Waals surface area contributed by atoms with Gasteiger partial charge in [0.15, 0.2) is 12.1 Å². The molecule has 0 aliphatic carbocycles. The van der Waals surface area contributed by atoms with Gasteiger partial charge in [0.25, 0.3) is 0 Å². The molecule has 20 heavy (non-hydrogen) atoms. The van der Waals surface area contributed by atoms with Crippen LogP contribution in [0.3, 0.4) is 0 Å². The number of carbonyl (C=O) groups is 1. The van der Waals surface area contributed by atoms with Gasteiger partial charge < -0.3 is 19.7 Å². The number of hydrogen-bond acceptors (Lipinski definition) is 5. The molecule has 0 spiro atoms. The number of Topliss-reactive ketones (excluding diaryl/α,β-unsaturated/α-hetero) is 1. The molecule has 1 fully saturated rings. The highest BCUT2D eigenvalue weighted by Crippen LogP contribution is 2.26. The predicted molar refractivity (Wildman–Crippen MR) is 72.2 cm³/mol. The Morgan fingerprint density at radius 2 is 2.10 bits per heavy atom. The fraction of sp³-hybridized carbons (Fsp3) is 0.500. The Morgan fingerprint density at radius 1 is 1.40 bits per heavy atom. The number of rotatable bonds is 5. The van der Waals surface area contributed by atoms with Gasteiger partial charge in [-0.2, -0.15) is 0 Å². The van der Waals surface area contributed by atoms with Crippen molar-refractivity contribution in [2.45, 2.75) is 44.6 Å². The van der Waals surface area contributed by atoms with E-state index in [-0.39, 0.29) is 18.8 Å². The van der Waals surface area contributed by atoms with Gasteiger partial charge in [0.1, 0.15) is 18.3 Å². The summed E-state index contributed by atoms with van der Waals surface area (Å²) in [5.74, 6) is -0.218. The molecule has 1 heterocycles. The summed E-state index contributed by atoms with van der Waals surface area (Å²) in [6.07, 6.45) is -4.26. The van der Waals surface area contributed by atoms with Gasteiger partial charge >= 0.3 is 0 Å². The first-order chi connectivity index (χ1) is 9.54. The first-order valence-corrected chi connectivity index (χ1v) is 6.81. The maximum absolute atomic E-state index is 11.7. The number of aliphatic hydroxyl groups excluding tert-OH is 2. The molecular formula is C14H17ClO5. The number of carbonyl (C=O) groups excluding carboxylic acids is 1. The molecule has 0 saturated carbocycles. The van der Waals surface area contributed by atoms with E-state index in [1.165, 1.54) is 0 Å². The zero-order valence-electron chi connectivity index (χ0n) is 11.0. The highest BCUT2D eigenvalue weighted by Gasteiger charge is 2.46. The van der Waals surface area contributed by atoms with Crippen molar-refractivity contribution >= 4 is 17.4 Å². The molecule has 0 aromatic heterocycles. The molecule has 2 N–H and O–H groups in total. The zero-order valence-corrected chi connectivity index (χ0v) is 11.8. The number of hydrogen-bond donors (Lipinski definition) is 2. The lowest BCUT2D eigenvalue weighted by Gasteiger charge is -2.19. The molecule has 0 unspecified atom stereocenters. The Hall–Kier alpha value is -0.980. The maximum atomic E-state index is 11.7. The Labute approximate surface area is 122 Å². The molecule has 1 aromatic rings. The fourth-order valence-electron chi connectivity index (χ4n) is 2.10. The van der Waals surface area contributed by atoms with Gasteiger partial charge in [0, 0.05) is 11.4 Å². The van der Waals surface area contributed by atoms with Crippen molar-refractivity contribution in [2.75, 3.05) is 0 Å². The second kappa shape index (κ2) is 6.65. The van der Waals surface area contributed by atoms with Crippen molar-refractivity contribution in [1.82, 2.24) is 0 Å². The van der Waals surface area contributed by atoms with E-state index in [9.17, 15) is 15.0 Å². The van der Waals surface area contributed by atoms with E-state index in [0.29, 0.717) is 5.02 Å². The second-order valence-electron chi connectivity index (χ2n) is 4.62. The van der Waals surface area contributed by atoms with Crippen LogP contribution in [0.2, 0.25) is 5.02 Å². The third kappa shape index (κ3) is 3.19. The standard InChI is InChI=1S/C14H17ClO5/c1-2-10(16)12-13(11(17)14(18)20-12)19-7-8-5-3-4-6-9(8)15/h3-6,11-14,17-18H,2,7H2,1H3/t11-,12-,13-,14+/m1/s1. The van der Waals surface area contributed by atoms with E-state index in [1.807, 2.05) is 6.07 Å². The van der Waals surface area contributed by atoms with Crippen molar-refractivity contribution in [2.24, 2.45) is 0 Å². The topological polar surface area (TPSA) is 76.0 Å². The van der Waals surface area contributed by atoms with Crippen molar-refractivity contribution in [3.63, 3.8) is 0 Å². The number of ketones is 1. The van der Waals surface area contributed by atoms with E-state index in [1.54, 1.807) is 25.1 Å². The normalized spacial score (nSPS) is 29.6.